The van der Waals surface area contributed by atoms with Gasteiger partial charge >= 0.3 is 0 Å². The van der Waals surface area contributed by atoms with Crippen LogP contribution in [0.15, 0.2) is 64.3 Å². The second kappa shape index (κ2) is 10.1. The number of furan rings is 1. The molecule has 152 valence electrons. The second-order valence-electron chi connectivity index (χ2n) is 6.49. The van der Waals surface area contributed by atoms with E-state index in [0.717, 1.165) is 17.1 Å². The predicted octanol–water partition coefficient (Wildman–Crippen LogP) is 2.38. The number of imidazole rings is 1. The standard InChI is InChI=1S/C21H26N6O2/c1-3-22-21(25-14-20(28)24-12-17-10-7-11-29-17)27(2)15-19-23-13-18(26-19)16-8-5-4-6-9-16/h4-11,13H,3,12,14-15H2,1-2H3,(H,22,25)(H,23,26)(H,24,28). The van der Waals surface area contributed by atoms with E-state index in [0.29, 0.717) is 31.4 Å². The van der Waals surface area contributed by atoms with Crippen molar-refractivity contribution in [1.29, 1.82) is 0 Å². The first-order valence-electron chi connectivity index (χ1n) is 9.53. The van der Waals surface area contributed by atoms with Gasteiger partial charge in [0.15, 0.2) is 5.96 Å². The number of carbonyl (C=O) groups is 1. The van der Waals surface area contributed by atoms with Gasteiger partial charge in [-0.1, -0.05) is 30.3 Å². The van der Waals surface area contributed by atoms with Gasteiger partial charge in [0.2, 0.25) is 5.91 Å². The van der Waals surface area contributed by atoms with Gasteiger partial charge in [-0.3, -0.25) is 4.79 Å². The molecule has 3 aromatic rings. The van der Waals surface area contributed by atoms with Crippen molar-refractivity contribution in [3.63, 3.8) is 0 Å². The van der Waals surface area contributed by atoms with Gasteiger partial charge in [-0.25, -0.2) is 9.98 Å². The molecule has 1 aromatic carbocycles. The van der Waals surface area contributed by atoms with Crippen LogP contribution in [0.4, 0.5) is 0 Å². The van der Waals surface area contributed by atoms with Crippen molar-refractivity contribution in [3.05, 3.63) is 66.5 Å². The van der Waals surface area contributed by atoms with Gasteiger partial charge in [0.1, 0.15) is 18.1 Å². The van der Waals surface area contributed by atoms with Crippen molar-refractivity contribution in [2.75, 3.05) is 20.1 Å². The molecule has 0 spiro atoms. The summed E-state index contributed by atoms with van der Waals surface area (Å²) in [5.74, 6) is 1.99. The molecule has 0 saturated heterocycles. The van der Waals surface area contributed by atoms with Crippen LogP contribution in [-0.2, 0) is 17.9 Å². The summed E-state index contributed by atoms with van der Waals surface area (Å²) in [7, 11) is 1.91. The highest BCUT2D eigenvalue weighted by atomic mass is 16.3. The number of aromatic nitrogens is 2. The average Bonchev–Trinajstić information content (AvgIpc) is 3.42. The lowest BCUT2D eigenvalue weighted by Crippen LogP contribution is -2.39. The van der Waals surface area contributed by atoms with Gasteiger partial charge < -0.3 is 24.9 Å². The third kappa shape index (κ3) is 5.97. The molecular formula is C21H26N6O2. The van der Waals surface area contributed by atoms with E-state index in [4.69, 9.17) is 4.42 Å². The lowest BCUT2D eigenvalue weighted by atomic mass is 10.2. The van der Waals surface area contributed by atoms with E-state index in [2.05, 4.69) is 25.6 Å². The number of rotatable bonds is 8. The molecule has 3 rings (SSSR count). The van der Waals surface area contributed by atoms with E-state index in [1.165, 1.54) is 0 Å². The van der Waals surface area contributed by atoms with E-state index in [9.17, 15) is 4.79 Å². The molecule has 0 saturated carbocycles. The Morgan fingerprint density at radius 3 is 2.76 bits per heavy atom. The van der Waals surface area contributed by atoms with Crippen molar-refractivity contribution >= 4 is 11.9 Å². The van der Waals surface area contributed by atoms with Crippen LogP contribution in [0, 0.1) is 0 Å². The first kappa shape index (κ1) is 20.2. The molecule has 3 N–H and O–H groups in total. The summed E-state index contributed by atoms with van der Waals surface area (Å²) >= 11 is 0. The molecule has 0 aliphatic rings. The Hall–Kier alpha value is -3.55. The Bertz CT molecular complexity index is 918. The number of aromatic amines is 1. The van der Waals surface area contributed by atoms with Crippen LogP contribution in [0.1, 0.15) is 18.5 Å². The minimum absolute atomic E-state index is 0.0286. The number of H-pyrrole nitrogens is 1. The third-order valence-electron chi connectivity index (χ3n) is 4.21. The number of hydrogen-bond donors (Lipinski definition) is 3. The smallest absolute Gasteiger partial charge is 0.242 e. The molecule has 0 radical (unpaired) electrons. The molecule has 0 bridgehead atoms. The summed E-state index contributed by atoms with van der Waals surface area (Å²) in [4.78, 5) is 26.2. The summed E-state index contributed by atoms with van der Waals surface area (Å²) in [6, 6.07) is 13.6. The maximum Gasteiger partial charge on any atom is 0.242 e. The van der Waals surface area contributed by atoms with E-state index < -0.39 is 0 Å². The summed E-state index contributed by atoms with van der Waals surface area (Å²) in [6.45, 7) is 3.60. The van der Waals surface area contributed by atoms with E-state index >= 15 is 0 Å². The average molecular weight is 394 g/mol. The van der Waals surface area contributed by atoms with Gasteiger partial charge in [-0.05, 0) is 24.6 Å². The Labute approximate surface area is 170 Å². The monoisotopic (exact) mass is 394 g/mol. The van der Waals surface area contributed by atoms with Gasteiger partial charge in [0, 0.05) is 13.6 Å². The van der Waals surface area contributed by atoms with Crippen LogP contribution in [0.3, 0.4) is 0 Å². The normalized spacial score (nSPS) is 11.3. The molecule has 2 aromatic heterocycles. The van der Waals surface area contributed by atoms with Crippen LogP contribution in [0.25, 0.3) is 11.3 Å². The van der Waals surface area contributed by atoms with Crippen LogP contribution in [0.5, 0.6) is 0 Å². The first-order valence-corrected chi connectivity index (χ1v) is 9.53. The van der Waals surface area contributed by atoms with Crippen LogP contribution in [-0.4, -0.2) is 46.9 Å². The second-order valence-corrected chi connectivity index (χ2v) is 6.49. The minimum atomic E-state index is -0.172. The van der Waals surface area contributed by atoms with E-state index in [-0.39, 0.29) is 12.5 Å². The SMILES string of the molecule is CCNC(=NCC(=O)NCc1ccco1)N(C)Cc1ncc(-c2ccccc2)[nH]1. The molecule has 2 heterocycles. The van der Waals surface area contributed by atoms with Crippen molar-refractivity contribution in [3.8, 4) is 11.3 Å². The zero-order chi connectivity index (χ0) is 20.5. The highest BCUT2D eigenvalue weighted by molar-refractivity contribution is 5.84. The summed E-state index contributed by atoms with van der Waals surface area (Å²) in [5, 5.41) is 5.99. The highest BCUT2D eigenvalue weighted by Gasteiger charge is 2.11. The highest BCUT2D eigenvalue weighted by Crippen LogP contribution is 2.16. The topological polar surface area (TPSA) is 98.5 Å². The van der Waals surface area contributed by atoms with Crippen LogP contribution >= 0.6 is 0 Å². The number of amides is 1. The number of nitrogens with one attached hydrogen (secondary N) is 3. The van der Waals surface area contributed by atoms with Crippen molar-refractivity contribution in [2.24, 2.45) is 4.99 Å². The number of carbonyl (C=O) groups excluding carboxylic acids is 1. The Kier molecular flexibility index (Phi) is 7.05. The number of nitrogens with zero attached hydrogens (tertiary/aromatic N) is 3. The lowest BCUT2D eigenvalue weighted by Gasteiger charge is -2.21. The van der Waals surface area contributed by atoms with Crippen LogP contribution < -0.4 is 10.6 Å². The Balaban J connectivity index is 1.57. The lowest BCUT2D eigenvalue weighted by molar-refractivity contribution is -0.119. The number of aliphatic imine (C=N–C) groups is 1. The molecule has 8 nitrogen and oxygen atoms in total. The van der Waals surface area contributed by atoms with Gasteiger partial charge in [0.25, 0.3) is 0 Å². The van der Waals surface area contributed by atoms with E-state index in [1.54, 1.807) is 12.3 Å². The first-order chi connectivity index (χ1) is 14.2. The van der Waals surface area contributed by atoms with Crippen molar-refractivity contribution < 1.29 is 9.21 Å². The fraction of sp³-hybridized carbons (Fsp3) is 0.286. The molecule has 0 unspecified atom stereocenters. The molecule has 0 atom stereocenters. The summed E-state index contributed by atoms with van der Waals surface area (Å²) in [6.07, 6.45) is 3.40. The van der Waals surface area contributed by atoms with Gasteiger partial charge in [-0.2, -0.15) is 0 Å². The Morgan fingerprint density at radius 1 is 1.21 bits per heavy atom. The number of hydrogen-bond acceptors (Lipinski definition) is 4. The largest absolute Gasteiger partial charge is 0.467 e. The zero-order valence-electron chi connectivity index (χ0n) is 16.7. The van der Waals surface area contributed by atoms with Crippen molar-refractivity contribution in [1.82, 2.24) is 25.5 Å². The fourth-order valence-electron chi connectivity index (χ4n) is 2.78. The zero-order valence-corrected chi connectivity index (χ0v) is 16.7. The van der Waals surface area contributed by atoms with Gasteiger partial charge in [-0.15, -0.1) is 0 Å². The molecule has 1 amide bonds. The number of guanidine groups is 1. The maximum atomic E-state index is 12.1. The third-order valence-corrected chi connectivity index (χ3v) is 4.21. The summed E-state index contributed by atoms with van der Waals surface area (Å²) in [5.41, 5.74) is 2.05. The fourth-order valence-corrected chi connectivity index (χ4v) is 2.78. The van der Waals surface area contributed by atoms with Gasteiger partial charge in [0.05, 0.1) is 31.2 Å². The predicted molar refractivity (Wildman–Crippen MR) is 112 cm³/mol. The molecule has 29 heavy (non-hydrogen) atoms. The van der Waals surface area contributed by atoms with Crippen molar-refractivity contribution in [2.45, 2.75) is 20.0 Å². The Morgan fingerprint density at radius 2 is 2.03 bits per heavy atom. The molecular weight excluding hydrogens is 368 g/mol. The molecule has 0 aliphatic carbocycles. The number of benzene rings is 1. The quantitative estimate of drug-likeness (QED) is 0.402. The summed E-state index contributed by atoms with van der Waals surface area (Å²) < 4.78 is 5.21. The van der Waals surface area contributed by atoms with E-state index in [1.807, 2.05) is 61.5 Å². The maximum absolute atomic E-state index is 12.1. The molecule has 0 fully saturated rings. The van der Waals surface area contributed by atoms with Crippen LogP contribution in [0.2, 0.25) is 0 Å². The minimum Gasteiger partial charge on any atom is -0.467 e. The molecule has 8 heteroatoms. The molecule has 0 aliphatic heterocycles.